The molecule has 0 aromatic heterocycles. The number of hydrogen-bond donors (Lipinski definition) is 0. The van der Waals surface area contributed by atoms with Crippen molar-refractivity contribution in [2.75, 3.05) is 14.2 Å². The van der Waals surface area contributed by atoms with Crippen LogP contribution in [0, 0.1) is 23.2 Å². The van der Waals surface area contributed by atoms with Crippen LogP contribution in [0.2, 0.25) is 0 Å². The molecule has 0 spiro atoms. The van der Waals surface area contributed by atoms with Gasteiger partial charge in [-0.05, 0) is 160 Å². The molecule has 4 fully saturated rings. The second-order valence-corrected chi connectivity index (χ2v) is 19.2. The van der Waals surface area contributed by atoms with Gasteiger partial charge in [0.1, 0.15) is 11.5 Å². The van der Waals surface area contributed by atoms with Crippen molar-refractivity contribution in [1.82, 2.24) is 0 Å². The predicted octanol–water partition coefficient (Wildman–Crippen LogP) is 9.29. The molecule has 4 aliphatic rings. The highest BCUT2D eigenvalue weighted by Gasteiger charge is 2.51. The van der Waals surface area contributed by atoms with E-state index in [1.54, 1.807) is 14.2 Å². The maximum absolute atomic E-state index is 11.1. The van der Waals surface area contributed by atoms with Crippen LogP contribution in [0.1, 0.15) is 45.4 Å². The molecule has 0 saturated heterocycles. The van der Waals surface area contributed by atoms with E-state index in [1.165, 1.54) is 48.6 Å². The zero-order valence-corrected chi connectivity index (χ0v) is 35.5. The number of benzene rings is 6. The largest absolute Gasteiger partial charge is 0.550 e. The van der Waals surface area contributed by atoms with Gasteiger partial charge >= 0.3 is 0 Å². The average Bonchev–Trinajstić information content (AvgIpc) is 3.26. The Balaban J connectivity index is 0.000000145. The van der Waals surface area contributed by atoms with Crippen LogP contribution in [0.15, 0.2) is 199 Å². The highest BCUT2D eigenvalue weighted by atomic mass is 32.2. The molecule has 10 rings (SSSR count). The van der Waals surface area contributed by atoms with E-state index in [0.717, 1.165) is 37.7 Å². The molecule has 8 heteroatoms. The normalized spacial score (nSPS) is 19.5. The van der Waals surface area contributed by atoms with Gasteiger partial charge in [-0.15, -0.1) is 0 Å². The summed E-state index contributed by atoms with van der Waals surface area (Å²) in [6.07, 6.45) is 6.65. The first-order valence-corrected chi connectivity index (χ1v) is 22.5. The quantitative estimate of drug-likeness (QED) is 0.135. The summed E-state index contributed by atoms with van der Waals surface area (Å²) < 4.78 is 10.5. The second-order valence-electron chi connectivity index (χ2n) is 15.2. The molecule has 6 aromatic rings. The monoisotopic (exact) mass is 824 g/mol. The van der Waals surface area contributed by atoms with E-state index in [-0.39, 0.29) is 21.8 Å². The molecule has 304 valence electrons. The molecule has 0 amide bonds. The van der Waals surface area contributed by atoms with Crippen LogP contribution in [0.5, 0.6) is 11.5 Å². The standard InChI is InChI=1S/2C19H17OS.C11H16O2.C2H4O2/c2*1-20-16-12-14-19(15-13-16)21(17-8-4-2-5-9-17)18-10-6-3-7-11-18;12-10(13)11-4-7-1-8(5-11)3-9(2-7)6-11;1-2(3)4/h2*2-15H,1H3;7-9H,1-6H2,(H,12,13);1H3,(H,3,4)/q2*+1;;/p-2. The zero-order chi connectivity index (χ0) is 41.6. The van der Waals surface area contributed by atoms with Crippen molar-refractivity contribution in [2.45, 2.75) is 74.8 Å². The van der Waals surface area contributed by atoms with Crippen molar-refractivity contribution in [1.29, 1.82) is 0 Å². The topological polar surface area (TPSA) is 98.7 Å². The van der Waals surface area contributed by atoms with Gasteiger partial charge in [0.2, 0.25) is 0 Å². The maximum atomic E-state index is 11.1. The van der Waals surface area contributed by atoms with Crippen molar-refractivity contribution in [2.24, 2.45) is 23.2 Å². The smallest absolute Gasteiger partial charge is 0.166 e. The number of carbonyl (C=O) groups excluding carboxylic acids is 2. The molecule has 6 aromatic carbocycles. The first-order valence-electron chi connectivity index (χ1n) is 20.0. The van der Waals surface area contributed by atoms with E-state index in [2.05, 4.69) is 146 Å². The summed E-state index contributed by atoms with van der Waals surface area (Å²) in [5.74, 6) is 2.08. The van der Waals surface area contributed by atoms with Gasteiger partial charge in [-0.25, -0.2) is 0 Å². The van der Waals surface area contributed by atoms with Gasteiger partial charge in [0.15, 0.2) is 29.4 Å². The minimum absolute atomic E-state index is 0.0804. The molecular formula is C51H52O6S2. The van der Waals surface area contributed by atoms with Crippen LogP contribution in [0.25, 0.3) is 0 Å². The lowest BCUT2D eigenvalue weighted by Gasteiger charge is -2.57. The summed E-state index contributed by atoms with van der Waals surface area (Å²) in [5, 5.41) is 20.0. The Morgan fingerprint density at radius 2 is 0.695 bits per heavy atom. The molecule has 0 radical (unpaired) electrons. The fourth-order valence-electron chi connectivity index (χ4n) is 8.83. The van der Waals surface area contributed by atoms with E-state index >= 15 is 0 Å². The summed E-state index contributed by atoms with van der Waals surface area (Å²) in [4.78, 5) is 27.9. The number of aliphatic carboxylic acids is 2. The van der Waals surface area contributed by atoms with Crippen LogP contribution in [0.4, 0.5) is 0 Å². The van der Waals surface area contributed by atoms with Crippen molar-refractivity contribution >= 4 is 33.7 Å². The van der Waals surface area contributed by atoms with Gasteiger partial charge in [-0.3, -0.25) is 0 Å². The van der Waals surface area contributed by atoms with Gasteiger partial charge in [-0.1, -0.05) is 72.8 Å². The number of methoxy groups -OCH3 is 2. The molecule has 4 bridgehead atoms. The third-order valence-corrected chi connectivity index (χ3v) is 15.4. The van der Waals surface area contributed by atoms with E-state index in [1.807, 2.05) is 24.3 Å². The van der Waals surface area contributed by atoms with Crippen LogP contribution in [-0.2, 0) is 31.4 Å². The predicted molar refractivity (Wildman–Crippen MR) is 232 cm³/mol. The number of hydrogen-bond acceptors (Lipinski definition) is 6. The third-order valence-electron chi connectivity index (χ3n) is 11.0. The number of rotatable bonds is 9. The van der Waals surface area contributed by atoms with Gasteiger partial charge in [-0.2, -0.15) is 0 Å². The summed E-state index contributed by atoms with van der Waals surface area (Å²) in [5.41, 5.74) is -0.394. The lowest BCUT2D eigenvalue weighted by atomic mass is 9.49. The van der Waals surface area contributed by atoms with Crippen LogP contribution in [-0.4, -0.2) is 26.2 Å². The van der Waals surface area contributed by atoms with Crippen molar-refractivity contribution in [3.63, 3.8) is 0 Å². The molecule has 59 heavy (non-hydrogen) atoms. The third kappa shape index (κ3) is 11.6. The molecule has 6 nitrogen and oxygen atoms in total. The van der Waals surface area contributed by atoms with Crippen LogP contribution in [0.3, 0.4) is 0 Å². The van der Waals surface area contributed by atoms with Gasteiger partial charge in [0.25, 0.3) is 0 Å². The minimum Gasteiger partial charge on any atom is -0.550 e. The lowest BCUT2D eigenvalue weighted by Crippen LogP contribution is -2.54. The van der Waals surface area contributed by atoms with Gasteiger partial charge in [0.05, 0.1) is 36.0 Å². The molecule has 4 aliphatic carbocycles. The molecule has 0 unspecified atom stereocenters. The van der Waals surface area contributed by atoms with Gasteiger partial charge in [0, 0.05) is 17.4 Å². The Hall–Kier alpha value is -5.44. The first-order chi connectivity index (χ1) is 28.7. The van der Waals surface area contributed by atoms with Crippen molar-refractivity contribution in [3.05, 3.63) is 170 Å². The Bertz CT molecular complexity index is 1940. The highest BCUT2D eigenvalue weighted by Crippen LogP contribution is 2.59. The number of carbonyl (C=O) groups is 2. The number of carboxylic acid groups (broad SMARTS) is 2. The highest BCUT2D eigenvalue weighted by molar-refractivity contribution is 7.97. The fraction of sp³-hybridized carbons (Fsp3) is 0.255. The first kappa shape index (κ1) is 43.1. The number of carboxylic acids is 2. The summed E-state index contributed by atoms with van der Waals surface area (Å²) >= 11 is 0. The average molecular weight is 825 g/mol. The van der Waals surface area contributed by atoms with Crippen molar-refractivity contribution in [3.8, 4) is 11.5 Å². The SMILES string of the molecule is CC(=O)[O-].COc1ccc([S+](c2ccccc2)c2ccccc2)cc1.COc1ccc([S+](c2ccccc2)c2ccccc2)cc1.O=C([O-])C12CC3CC(CC(C3)C1)C2. The second kappa shape index (κ2) is 21.0. The van der Waals surface area contributed by atoms with E-state index in [0.29, 0.717) is 17.8 Å². The molecular weight excluding hydrogens is 773 g/mol. The number of ether oxygens (including phenoxy) is 2. The molecule has 0 atom stereocenters. The van der Waals surface area contributed by atoms with E-state index in [4.69, 9.17) is 19.4 Å². The van der Waals surface area contributed by atoms with E-state index in [9.17, 15) is 9.90 Å². The zero-order valence-electron chi connectivity index (χ0n) is 33.9. The molecule has 0 N–H and O–H groups in total. The summed E-state index contributed by atoms with van der Waals surface area (Å²) in [7, 11) is 3.23. The maximum Gasteiger partial charge on any atom is 0.166 e. The summed E-state index contributed by atoms with van der Waals surface area (Å²) in [6.45, 7) is 0.972. The van der Waals surface area contributed by atoms with E-state index < -0.39 is 17.4 Å². The Labute approximate surface area is 355 Å². The molecule has 0 aliphatic heterocycles. The Morgan fingerprint density at radius 3 is 0.915 bits per heavy atom. The fourth-order valence-corrected chi connectivity index (χ4v) is 13.0. The summed E-state index contributed by atoms with van der Waals surface area (Å²) in [6, 6.07) is 59.3. The Morgan fingerprint density at radius 1 is 0.458 bits per heavy atom. The molecule has 0 heterocycles. The van der Waals surface area contributed by atoms with Crippen molar-refractivity contribution < 1.29 is 29.3 Å². The van der Waals surface area contributed by atoms with Crippen LogP contribution >= 0.6 is 0 Å². The lowest BCUT2D eigenvalue weighted by molar-refractivity contribution is -0.327. The van der Waals surface area contributed by atoms with Crippen LogP contribution < -0.4 is 19.7 Å². The Kier molecular flexibility index (Phi) is 15.4. The van der Waals surface area contributed by atoms with Gasteiger partial charge < -0.3 is 29.3 Å². The molecule has 4 saturated carbocycles. The minimum atomic E-state index is -1.08.